The van der Waals surface area contributed by atoms with Crippen LogP contribution in [-0.2, 0) is 6.54 Å². The van der Waals surface area contributed by atoms with E-state index >= 15 is 0 Å². The van der Waals surface area contributed by atoms with Crippen LogP contribution in [0.15, 0.2) is 84.9 Å². The normalized spacial score (nSPS) is 17.2. The molecule has 3 aromatic carbocycles. The van der Waals surface area contributed by atoms with Crippen molar-refractivity contribution in [2.24, 2.45) is 0 Å². The van der Waals surface area contributed by atoms with Gasteiger partial charge in [-0.05, 0) is 55.8 Å². The van der Waals surface area contributed by atoms with Crippen LogP contribution in [0.25, 0.3) is 0 Å². The molecule has 0 bridgehead atoms. The average molecular weight is 448 g/mol. The Morgan fingerprint density at radius 1 is 1.00 bits per heavy atom. The molecule has 33 heavy (non-hydrogen) atoms. The van der Waals surface area contributed by atoms with Gasteiger partial charge in [0.2, 0.25) is 0 Å². The first-order valence-electron chi connectivity index (χ1n) is 10.5. The van der Waals surface area contributed by atoms with Crippen molar-refractivity contribution in [2.75, 3.05) is 10.2 Å². The van der Waals surface area contributed by atoms with Crippen molar-refractivity contribution in [3.8, 4) is 0 Å². The highest BCUT2D eigenvalue weighted by Crippen LogP contribution is 2.38. The summed E-state index contributed by atoms with van der Waals surface area (Å²) in [5.41, 5.74) is 0.779. The number of amides is 4. The predicted octanol–water partition coefficient (Wildman–Crippen LogP) is 5.30. The molecule has 0 radical (unpaired) electrons. The largest absolute Gasteiger partial charge is 0.347 e. The quantitative estimate of drug-likeness (QED) is 0.411. The minimum atomic E-state index is -1.03. The molecule has 1 heterocycles. The van der Waals surface area contributed by atoms with Crippen LogP contribution in [0.2, 0.25) is 0 Å². The van der Waals surface area contributed by atoms with Crippen molar-refractivity contribution in [3.63, 3.8) is 0 Å². The number of hydrogen-bond acceptors (Lipinski definition) is 3. The van der Waals surface area contributed by atoms with Crippen LogP contribution in [0.5, 0.6) is 0 Å². The average Bonchev–Trinajstić information content (AvgIpc) is 3.01. The summed E-state index contributed by atoms with van der Waals surface area (Å²) in [7, 11) is 0. The number of benzene rings is 3. The molecule has 7 nitrogen and oxygen atoms in total. The second-order valence-corrected chi connectivity index (χ2v) is 8.37. The SMILES string of the molecule is CC1(C)C(N(O)C(=O)Nc2ccccc2)N(c2ccccc2)C(=O)N1Cc1ccc(F)cc1. The van der Waals surface area contributed by atoms with Gasteiger partial charge in [-0.2, -0.15) is 5.06 Å². The molecule has 1 fully saturated rings. The lowest BCUT2D eigenvalue weighted by molar-refractivity contribution is -0.0954. The highest BCUT2D eigenvalue weighted by molar-refractivity contribution is 5.98. The molecule has 4 rings (SSSR count). The van der Waals surface area contributed by atoms with Gasteiger partial charge in [-0.15, -0.1) is 0 Å². The number of carbonyl (C=O) groups excluding carboxylic acids is 2. The number of carbonyl (C=O) groups is 2. The molecule has 1 saturated heterocycles. The van der Waals surface area contributed by atoms with Crippen molar-refractivity contribution >= 4 is 23.4 Å². The molecule has 1 aliphatic heterocycles. The van der Waals surface area contributed by atoms with Gasteiger partial charge in [0, 0.05) is 17.9 Å². The lowest BCUT2D eigenvalue weighted by Crippen LogP contribution is -2.58. The monoisotopic (exact) mass is 448 g/mol. The molecule has 1 atom stereocenters. The van der Waals surface area contributed by atoms with E-state index in [2.05, 4.69) is 5.32 Å². The van der Waals surface area contributed by atoms with E-state index in [-0.39, 0.29) is 18.4 Å². The van der Waals surface area contributed by atoms with Gasteiger partial charge in [-0.3, -0.25) is 10.1 Å². The topological polar surface area (TPSA) is 76.1 Å². The number of anilines is 2. The van der Waals surface area contributed by atoms with Gasteiger partial charge in [0.05, 0.1) is 5.54 Å². The molecule has 1 unspecified atom stereocenters. The second kappa shape index (κ2) is 8.91. The van der Waals surface area contributed by atoms with E-state index < -0.39 is 17.7 Å². The Morgan fingerprint density at radius 3 is 2.18 bits per heavy atom. The molecule has 4 amide bonds. The van der Waals surface area contributed by atoms with Crippen molar-refractivity contribution in [1.82, 2.24) is 9.96 Å². The second-order valence-electron chi connectivity index (χ2n) is 8.37. The van der Waals surface area contributed by atoms with E-state index in [1.807, 2.05) is 12.1 Å². The maximum Gasteiger partial charge on any atom is 0.347 e. The van der Waals surface area contributed by atoms with Crippen molar-refractivity contribution in [1.29, 1.82) is 0 Å². The lowest BCUT2D eigenvalue weighted by Gasteiger charge is -2.38. The zero-order chi connectivity index (χ0) is 23.6. The molecule has 1 aliphatic rings. The van der Waals surface area contributed by atoms with E-state index in [9.17, 15) is 19.2 Å². The number of halogens is 1. The van der Waals surface area contributed by atoms with Crippen LogP contribution in [-0.4, -0.2) is 38.9 Å². The maximum absolute atomic E-state index is 13.6. The first-order chi connectivity index (χ1) is 15.8. The van der Waals surface area contributed by atoms with E-state index in [4.69, 9.17) is 0 Å². The highest BCUT2D eigenvalue weighted by Gasteiger charge is 2.56. The Hall–Kier alpha value is -3.91. The predicted molar refractivity (Wildman–Crippen MR) is 123 cm³/mol. The van der Waals surface area contributed by atoms with Gasteiger partial charge >= 0.3 is 12.1 Å². The van der Waals surface area contributed by atoms with Gasteiger partial charge in [0.15, 0.2) is 6.17 Å². The van der Waals surface area contributed by atoms with Crippen molar-refractivity contribution in [3.05, 3.63) is 96.3 Å². The zero-order valence-electron chi connectivity index (χ0n) is 18.4. The third-order valence-electron chi connectivity index (χ3n) is 5.76. The first-order valence-corrected chi connectivity index (χ1v) is 10.5. The smallest absolute Gasteiger partial charge is 0.311 e. The molecule has 2 N–H and O–H groups in total. The standard InChI is InChI=1S/C25H25FN4O3/c1-25(2)22(30(33)23(31)27-20-9-5-3-6-10-20)29(21-11-7-4-8-12-21)24(32)28(25)17-18-13-15-19(26)16-14-18/h3-16,22,33H,17H2,1-2H3,(H,27,31). The summed E-state index contributed by atoms with van der Waals surface area (Å²) in [4.78, 5) is 29.5. The summed E-state index contributed by atoms with van der Waals surface area (Å²) in [6.45, 7) is 3.74. The number of urea groups is 2. The van der Waals surface area contributed by atoms with E-state index in [0.29, 0.717) is 16.4 Å². The Labute approximate surface area is 191 Å². The first kappa shape index (κ1) is 22.3. The fourth-order valence-electron chi connectivity index (χ4n) is 4.04. The van der Waals surface area contributed by atoms with Crippen LogP contribution < -0.4 is 10.2 Å². The number of para-hydroxylation sites is 2. The summed E-state index contributed by atoms with van der Waals surface area (Å²) in [6, 6.07) is 22.3. The summed E-state index contributed by atoms with van der Waals surface area (Å²) in [5, 5.41) is 14.2. The highest BCUT2D eigenvalue weighted by atomic mass is 19.1. The Bertz CT molecular complexity index is 1120. The number of hydrogen-bond donors (Lipinski definition) is 2. The van der Waals surface area contributed by atoms with Gasteiger partial charge < -0.3 is 10.2 Å². The molecule has 0 aromatic heterocycles. The third kappa shape index (κ3) is 4.38. The van der Waals surface area contributed by atoms with Crippen LogP contribution >= 0.6 is 0 Å². The van der Waals surface area contributed by atoms with Crippen molar-refractivity contribution in [2.45, 2.75) is 32.1 Å². The van der Waals surface area contributed by atoms with Gasteiger partial charge in [0.25, 0.3) is 0 Å². The van der Waals surface area contributed by atoms with Gasteiger partial charge in [-0.1, -0.05) is 48.5 Å². The number of nitrogens with zero attached hydrogens (tertiary/aromatic N) is 3. The van der Waals surface area contributed by atoms with E-state index in [1.165, 1.54) is 17.0 Å². The van der Waals surface area contributed by atoms with Crippen molar-refractivity contribution < 1.29 is 19.2 Å². The van der Waals surface area contributed by atoms with Gasteiger partial charge in [0.1, 0.15) is 5.82 Å². The minimum Gasteiger partial charge on any atom is -0.311 e. The van der Waals surface area contributed by atoms with Crippen LogP contribution in [0, 0.1) is 5.82 Å². The Balaban J connectivity index is 1.69. The van der Waals surface area contributed by atoms with Crippen LogP contribution in [0.4, 0.5) is 25.4 Å². The summed E-state index contributed by atoms with van der Waals surface area (Å²) < 4.78 is 13.4. The molecule has 170 valence electrons. The number of hydroxylamine groups is 2. The number of rotatable bonds is 5. The maximum atomic E-state index is 13.6. The van der Waals surface area contributed by atoms with E-state index in [0.717, 1.165) is 5.56 Å². The Morgan fingerprint density at radius 2 is 1.58 bits per heavy atom. The molecular weight excluding hydrogens is 423 g/mol. The summed E-state index contributed by atoms with van der Waals surface area (Å²) in [6.07, 6.45) is -1.03. The molecule has 0 aliphatic carbocycles. The van der Waals surface area contributed by atoms with E-state index in [1.54, 1.807) is 79.4 Å². The number of nitrogens with one attached hydrogen (secondary N) is 1. The van der Waals surface area contributed by atoms with Crippen LogP contribution in [0.3, 0.4) is 0 Å². The zero-order valence-corrected chi connectivity index (χ0v) is 18.4. The molecule has 3 aromatic rings. The third-order valence-corrected chi connectivity index (χ3v) is 5.76. The fourth-order valence-corrected chi connectivity index (χ4v) is 4.04. The summed E-state index contributed by atoms with van der Waals surface area (Å²) in [5.74, 6) is -0.367. The fraction of sp³-hybridized carbons (Fsp3) is 0.200. The lowest BCUT2D eigenvalue weighted by atomic mass is 9.99. The minimum absolute atomic E-state index is 0.181. The van der Waals surface area contributed by atoms with Gasteiger partial charge in [-0.25, -0.2) is 14.0 Å². The molecular formula is C25H25FN4O3. The molecule has 0 spiro atoms. The summed E-state index contributed by atoms with van der Waals surface area (Å²) >= 11 is 0. The Kier molecular flexibility index (Phi) is 6.02. The molecule has 0 saturated carbocycles. The molecule has 8 heteroatoms. The van der Waals surface area contributed by atoms with Crippen LogP contribution in [0.1, 0.15) is 19.4 Å².